The van der Waals surface area contributed by atoms with Crippen LogP contribution in [-0.2, 0) is 0 Å². The molecule has 0 fully saturated rings. The van der Waals surface area contributed by atoms with Gasteiger partial charge >= 0.3 is 6.03 Å². The Bertz CT molecular complexity index is 360. The number of amides is 2. The highest BCUT2D eigenvalue weighted by atomic mass is 32.2. The summed E-state index contributed by atoms with van der Waals surface area (Å²) in [5.74, 6) is -2.46. The molecule has 0 bridgehead atoms. The maximum atomic E-state index is 12.0. The summed E-state index contributed by atoms with van der Waals surface area (Å²) in [4.78, 5) is 11.6. The molecular weight excluding hydrogens is 250 g/mol. The van der Waals surface area contributed by atoms with Gasteiger partial charge in [-0.05, 0) is 24.3 Å². The molecule has 2 amide bonds. The van der Waals surface area contributed by atoms with Crippen molar-refractivity contribution in [3.8, 4) is 0 Å². The minimum atomic E-state index is -2.46. The van der Waals surface area contributed by atoms with Gasteiger partial charge in [0, 0.05) is 17.1 Å². The van der Waals surface area contributed by atoms with E-state index >= 15 is 0 Å². The SMILES string of the molecule is O=C(NCCO)Nc1ccc(SC(F)F)cc1. The van der Waals surface area contributed by atoms with E-state index in [2.05, 4.69) is 10.6 Å². The number of alkyl halides is 2. The third-order valence-corrected chi connectivity index (χ3v) is 2.46. The van der Waals surface area contributed by atoms with Crippen molar-refractivity contribution in [1.29, 1.82) is 0 Å². The van der Waals surface area contributed by atoms with Gasteiger partial charge in [-0.3, -0.25) is 0 Å². The normalized spacial score (nSPS) is 10.4. The number of urea groups is 1. The van der Waals surface area contributed by atoms with Crippen LogP contribution < -0.4 is 10.6 Å². The Labute approximate surface area is 101 Å². The number of nitrogens with one attached hydrogen (secondary N) is 2. The van der Waals surface area contributed by atoms with Gasteiger partial charge in [0.2, 0.25) is 0 Å². The number of carbonyl (C=O) groups excluding carboxylic acids is 1. The topological polar surface area (TPSA) is 61.4 Å². The van der Waals surface area contributed by atoms with Crippen LogP contribution in [0.4, 0.5) is 19.3 Å². The Morgan fingerprint density at radius 2 is 2.00 bits per heavy atom. The first-order valence-corrected chi connectivity index (χ1v) is 5.70. The average Bonchev–Trinajstić information content (AvgIpc) is 2.28. The number of halogens is 2. The lowest BCUT2D eigenvalue weighted by Crippen LogP contribution is -2.30. The molecule has 4 nitrogen and oxygen atoms in total. The van der Waals surface area contributed by atoms with Crippen LogP contribution in [0.25, 0.3) is 0 Å². The van der Waals surface area contributed by atoms with E-state index < -0.39 is 11.8 Å². The first-order chi connectivity index (χ1) is 8.11. The van der Waals surface area contributed by atoms with Gasteiger partial charge in [-0.1, -0.05) is 11.8 Å². The van der Waals surface area contributed by atoms with E-state index in [-0.39, 0.29) is 13.2 Å². The lowest BCUT2D eigenvalue weighted by molar-refractivity contribution is 0.244. The Balaban J connectivity index is 2.47. The van der Waals surface area contributed by atoms with Gasteiger partial charge in [-0.25, -0.2) is 4.79 Å². The highest BCUT2D eigenvalue weighted by Gasteiger charge is 2.05. The molecule has 0 atom stereocenters. The predicted molar refractivity (Wildman–Crippen MR) is 62.4 cm³/mol. The summed E-state index contributed by atoms with van der Waals surface area (Å²) in [6, 6.07) is 5.61. The fraction of sp³-hybridized carbons (Fsp3) is 0.300. The Kier molecular flexibility index (Phi) is 5.71. The molecule has 0 unspecified atom stereocenters. The standard InChI is InChI=1S/C10H12F2N2O2S/c11-9(12)17-8-3-1-7(2-4-8)14-10(16)13-5-6-15/h1-4,9,15H,5-6H2,(H2,13,14,16). The quantitative estimate of drug-likeness (QED) is 0.712. The molecule has 0 aliphatic carbocycles. The Morgan fingerprint density at radius 1 is 1.35 bits per heavy atom. The van der Waals surface area contributed by atoms with Crippen LogP contribution in [0.3, 0.4) is 0 Å². The van der Waals surface area contributed by atoms with Crippen LogP contribution in [-0.4, -0.2) is 30.0 Å². The maximum Gasteiger partial charge on any atom is 0.319 e. The molecular formula is C10H12F2N2O2S. The van der Waals surface area contributed by atoms with Crippen molar-refractivity contribution in [2.24, 2.45) is 0 Å². The van der Waals surface area contributed by atoms with Crippen molar-refractivity contribution >= 4 is 23.5 Å². The van der Waals surface area contributed by atoms with Crippen LogP contribution in [0.2, 0.25) is 0 Å². The molecule has 0 aromatic heterocycles. The molecule has 0 saturated heterocycles. The van der Waals surface area contributed by atoms with Gasteiger partial charge in [-0.15, -0.1) is 0 Å². The zero-order chi connectivity index (χ0) is 12.7. The second-order valence-corrected chi connectivity index (χ2v) is 4.07. The van der Waals surface area contributed by atoms with Gasteiger partial charge in [0.25, 0.3) is 5.76 Å². The number of thioether (sulfide) groups is 1. The number of anilines is 1. The highest BCUT2D eigenvalue weighted by molar-refractivity contribution is 7.99. The number of rotatable bonds is 5. The third-order valence-electron chi connectivity index (χ3n) is 1.73. The van der Waals surface area contributed by atoms with Gasteiger partial charge in [-0.2, -0.15) is 8.78 Å². The maximum absolute atomic E-state index is 12.0. The molecule has 0 heterocycles. The van der Waals surface area contributed by atoms with E-state index in [0.717, 1.165) is 0 Å². The van der Waals surface area contributed by atoms with Crippen LogP contribution in [0.15, 0.2) is 29.2 Å². The van der Waals surface area contributed by atoms with Crippen molar-refractivity contribution < 1.29 is 18.7 Å². The van der Waals surface area contributed by atoms with E-state index in [4.69, 9.17) is 5.11 Å². The number of benzene rings is 1. The second kappa shape index (κ2) is 7.08. The van der Waals surface area contributed by atoms with Crippen molar-refractivity contribution in [3.05, 3.63) is 24.3 Å². The number of hydrogen-bond donors (Lipinski definition) is 3. The first-order valence-electron chi connectivity index (χ1n) is 4.82. The monoisotopic (exact) mass is 262 g/mol. The van der Waals surface area contributed by atoms with Gasteiger partial charge in [0.05, 0.1) is 6.61 Å². The summed E-state index contributed by atoms with van der Waals surface area (Å²) in [5, 5.41) is 13.4. The van der Waals surface area contributed by atoms with Crippen LogP contribution >= 0.6 is 11.8 Å². The van der Waals surface area contributed by atoms with E-state index in [9.17, 15) is 13.6 Å². The molecule has 0 radical (unpaired) electrons. The molecule has 0 aliphatic heterocycles. The average molecular weight is 262 g/mol. The van der Waals surface area contributed by atoms with E-state index in [1.807, 2.05) is 0 Å². The minimum absolute atomic E-state index is 0.141. The molecule has 1 aromatic carbocycles. The van der Waals surface area contributed by atoms with Crippen molar-refractivity contribution in [2.45, 2.75) is 10.7 Å². The Hall–Kier alpha value is -1.34. The van der Waals surface area contributed by atoms with Crippen molar-refractivity contribution in [1.82, 2.24) is 5.32 Å². The van der Waals surface area contributed by atoms with Crippen LogP contribution in [0.1, 0.15) is 0 Å². The summed E-state index contributed by atoms with van der Waals surface area (Å²) in [6.07, 6.45) is 0. The zero-order valence-corrected chi connectivity index (χ0v) is 9.64. The van der Waals surface area contributed by atoms with Crippen LogP contribution in [0.5, 0.6) is 0 Å². The molecule has 1 rings (SSSR count). The van der Waals surface area contributed by atoms with Crippen molar-refractivity contribution in [3.63, 3.8) is 0 Å². The predicted octanol–water partition coefficient (Wildman–Crippen LogP) is 2.12. The fourth-order valence-electron chi connectivity index (χ4n) is 1.06. The third kappa shape index (κ3) is 5.50. The number of aliphatic hydroxyl groups is 1. The Morgan fingerprint density at radius 3 is 2.53 bits per heavy atom. The number of carbonyl (C=O) groups is 1. The summed E-state index contributed by atoms with van der Waals surface area (Å²) in [6.45, 7) is 0.0164. The largest absolute Gasteiger partial charge is 0.395 e. The summed E-state index contributed by atoms with van der Waals surface area (Å²) in [5.41, 5.74) is 0.499. The summed E-state index contributed by atoms with van der Waals surface area (Å²) >= 11 is 0.445. The number of aliphatic hydroxyl groups excluding tert-OH is 1. The van der Waals surface area contributed by atoms with Crippen molar-refractivity contribution in [2.75, 3.05) is 18.5 Å². The van der Waals surface area contributed by atoms with Gasteiger partial charge in [0.1, 0.15) is 0 Å². The molecule has 17 heavy (non-hydrogen) atoms. The molecule has 7 heteroatoms. The second-order valence-electron chi connectivity index (χ2n) is 3.01. The molecule has 3 N–H and O–H groups in total. The van der Waals surface area contributed by atoms with E-state index in [0.29, 0.717) is 22.3 Å². The smallest absolute Gasteiger partial charge is 0.319 e. The zero-order valence-electron chi connectivity index (χ0n) is 8.82. The summed E-state index contributed by atoms with van der Waals surface area (Å²) in [7, 11) is 0. The molecule has 1 aromatic rings. The lowest BCUT2D eigenvalue weighted by Gasteiger charge is -2.07. The van der Waals surface area contributed by atoms with Gasteiger partial charge in [0.15, 0.2) is 0 Å². The van der Waals surface area contributed by atoms with Gasteiger partial charge < -0.3 is 15.7 Å². The van der Waals surface area contributed by atoms with Crippen LogP contribution in [0, 0.1) is 0 Å². The number of hydrogen-bond acceptors (Lipinski definition) is 3. The van der Waals surface area contributed by atoms with E-state index in [1.54, 1.807) is 0 Å². The minimum Gasteiger partial charge on any atom is -0.395 e. The van der Waals surface area contributed by atoms with E-state index in [1.165, 1.54) is 24.3 Å². The first kappa shape index (κ1) is 13.7. The molecule has 94 valence electrons. The molecule has 0 aliphatic rings. The molecule has 0 spiro atoms. The summed E-state index contributed by atoms with van der Waals surface area (Å²) < 4.78 is 24.1. The fourth-order valence-corrected chi connectivity index (χ4v) is 1.56. The molecule has 0 saturated carbocycles. The lowest BCUT2D eigenvalue weighted by atomic mass is 10.3. The highest BCUT2D eigenvalue weighted by Crippen LogP contribution is 2.25.